The summed E-state index contributed by atoms with van der Waals surface area (Å²) >= 11 is 6.12. The van der Waals surface area contributed by atoms with E-state index in [0.29, 0.717) is 36.7 Å². The van der Waals surface area contributed by atoms with E-state index in [9.17, 15) is 4.79 Å². The molecular formula is C23H25ClN2O4. The van der Waals surface area contributed by atoms with Gasteiger partial charge in [-0.25, -0.2) is 0 Å². The summed E-state index contributed by atoms with van der Waals surface area (Å²) in [4.78, 5) is 20.4. The summed E-state index contributed by atoms with van der Waals surface area (Å²) in [6.45, 7) is 5.28. The molecule has 0 aliphatic carbocycles. The lowest BCUT2D eigenvalue weighted by molar-refractivity contribution is -0.134. The van der Waals surface area contributed by atoms with Crippen LogP contribution in [0.3, 0.4) is 0 Å². The van der Waals surface area contributed by atoms with Crippen molar-refractivity contribution in [2.24, 2.45) is 11.1 Å². The Bertz CT molecular complexity index is 960. The molecule has 0 saturated heterocycles. The van der Waals surface area contributed by atoms with Gasteiger partial charge in [0.05, 0.1) is 12.3 Å². The van der Waals surface area contributed by atoms with Crippen molar-refractivity contribution in [1.29, 1.82) is 0 Å². The zero-order chi connectivity index (χ0) is 21.1. The number of carbonyl (C=O) groups is 1. The van der Waals surface area contributed by atoms with Crippen LogP contribution in [-0.2, 0) is 16.2 Å². The van der Waals surface area contributed by atoms with Crippen LogP contribution < -0.4 is 9.47 Å². The number of nitrogens with zero attached hydrogens (tertiary/aromatic N) is 2. The lowest BCUT2D eigenvalue weighted by Gasteiger charge is -2.26. The molecule has 6 nitrogen and oxygen atoms in total. The minimum absolute atomic E-state index is 0.102. The van der Waals surface area contributed by atoms with E-state index < -0.39 is 0 Å². The van der Waals surface area contributed by atoms with Crippen molar-refractivity contribution in [2.45, 2.75) is 39.3 Å². The second-order valence-electron chi connectivity index (χ2n) is 8.04. The Kier molecular flexibility index (Phi) is 6.13. The number of ether oxygens (including phenoxy) is 2. The van der Waals surface area contributed by atoms with Gasteiger partial charge in [-0.1, -0.05) is 42.7 Å². The summed E-state index contributed by atoms with van der Waals surface area (Å²) in [5.41, 5.74) is 2.78. The molecule has 2 aliphatic rings. The van der Waals surface area contributed by atoms with E-state index in [-0.39, 0.29) is 24.7 Å². The number of halogens is 1. The number of hydrogen-bond donors (Lipinski definition) is 0. The third-order valence-electron chi connectivity index (χ3n) is 5.06. The van der Waals surface area contributed by atoms with Crippen LogP contribution in [0.25, 0.3) is 0 Å². The van der Waals surface area contributed by atoms with E-state index in [0.717, 1.165) is 22.6 Å². The SMILES string of the molecule is CC(C)CC(=O)N(Cc1cccc(Cl)c1)C[C@@H]1CC(c2ccc3c(c2)OCO3)=NO1. The maximum atomic E-state index is 12.9. The highest BCUT2D eigenvalue weighted by Gasteiger charge is 2.28. The van der Waals surface area contributed by atoms with Crippen LogP contribution in [0.5, 0.6) is 11.5 Å². The summed E-state index contributed by atoms with van der Waals surface area (Å²) < 4.78 is 10.8. The van der Waals surface area contributed by atoms with Crippen molar-refractivity contribution < 1.29 is 19.1 Å². The second kappa shape index (κ2) is 8.96. The molecule has 0 spiro atoms. The molecule has 1 atom stereocenters. The summed E-state index contributed by atoms with van der Waals surface area (Å²) in [7, 11) is 0. The molecule has 0 fully saturated rings. The molecule has 30 heavy (non-hydrogen) atoms. The first-order valence-corrected chi connectivity index (χ1v) is 10.5. The largest absolute Gasteiger partial charge is 0.454 e. The maximum Gasteiger partial charge on any atom is 0.231 e. The minimum Gasteiger partial charge on any atom is -0.454 e. The van der Waals surface area contributed by atoms with Gasteiger partial charge in [0, 0.05) is 30.0 Å². The monoisotopic (exact) mass is 428 g/mol. The van der Waals surface area contributed by atoms with E-state index in [1.165, 1.54) is 0 Å². The Hall–Kier alpha value is -2.73. The molecule has 0 saturated carbocycles. The van der Waals surface area contributed by atoms with Gasteiger partial charge in [-0.15, -0.1) is 0 Å². The molecule has 2 aromatic rings. The molecule has 2 heterocycles. The molecule has 0 aromatic heterocycles. The molecule has 0 N–H and O–H groups in total. The minimum atomic E-state index is -0.194. The molecular weight excluding hydrogens is 404 g/mol. The van der Waals surface area contributed by atoms with E-state index >= 15 is 0 Å². The van der Waals surface area contributed by atoms with Crippen LogP contribution in [0.1, 0.15) is 37.8 Å². The Morgan fingerprint density at radius 1 is 1.20 bits per heavy atom. The molecule has 2 aromatic carbocycles. The van der Waals surface area contributed by atoms with E-state index in [1.54, 1.807) is 0 Å². The lowest BCUT2D eigenvalue weighted by atomic mass is 10.0. The van der Waals surface area contributed by atoms with Gasteiger partial charge in [0.1, 0.15) is 0 Å². The highest BCUT2D eigenvalue weighted by Crippen LogP contribution is 2.33. The van der Waals surface area contributed by atoms with Gasteiger partial charge in [0.15, 0.2) is 17.6 Å². The quantitative estimate of drug-likeness (QED) is 0.644. The Balaban J connectivity index is 1.43. The van der Waals surface area contributed by atoms with Gasteiger partial charge in [0.2, 0.25) is 12.7 Å². The van der Waals surface area contributed by atoms with Gasteiger partial charge in [-0.3, -0.25) is 4.79 Å². The Morgan fingerprint density at radius 2 is 2.03 bits per heavy atom. The van der Waals surface area contributed by atoms with Crippen LogP contribution >= 0.6 is 11.6 Å². The first kappa shape index (κ1) is 20.5. The smallest absolute Gasteiger partial charge is 0.231 e. The van der Waals surface area contributed by atoms with E-state index in [2.05, 4.69) is 5.16 Å². The first-order chi connectivity index (χ1) is 14.5. The van der Waals surface area contributed by atoms with Gasteiger partial charge in [0.25, 0.3) is 0 Å². The molecule has 0 bridgehead atoms. The Morgan fingerprint density at radius 3 is 2.83 bits per heavy atom. The molecule has 158 valence electrons. The number of oxime groups is 1. The van der Waals surface area contributed by atoms with Crippen molar-refractivity contribution >= 4 is 23.2 Å². The molecule has 0 radical (unpaired) electrons. The normalized spacial score (nSPS) is 17.1. The second-order valence-corrected chi connectivity index (χ2v) is 8.48. The number of benzene rings is 2. The van der Waals surface area contributed by atoms with Crippen LogP contribution in [-0.4, -0.2) is 36.0 Å². The van der Waals surface area contributed by atoms with Crippen LogP contribution in [0.2, 0.25) is 5.02 Å². The molecule has 1 amide bonds. The highest BCUT2D eigenvalue weighted by atomic mass is 35.5. The van der Waals surface area contributed by atoms with Crippen molar-refractivity contribution in [3.63, 3.8) is 0 Å². The fourth-order valence-electron chi connectivity index (χ4n) is 3.61. The number of amides is 1. The van der Waals surface area contributed by atoms with Crippen LogP contribution in [0.4, 0.5) is 0 Å². The first-order valence-electron chi connectivity index (χ1n) is 10.1. The molecule has 4 rings (SSSR count). The lowest BCUT2D eigenvalue weighted by Crippen LogP contribution is -2.37. The Labute approximate surface area is 181 Å². The van der Waals surface area contributed by atoms with Crippen molar-refractivity contribution in [3.05, 3.63) is 58.6 Å². The van der Waals surface area contributed by atoms with E-state index in [4.69, 9.17) is 25.9 Å². The van der Waals surface area contributed by atoms with Gasteiger partial charge < -0.3 is 19.2 Å². The summed E-state index contributed by atoms with van der Waals surface area (Å²) in [6, 6.07) is 13.3. The summed E-state index contributed by atoms with van der Waals surface area (Å²) in [6.07, 6.45) is 0.921. The van der Waals surface area contributed by atoms with Crippen molar-refractivity contribution in [3.8, 4) is 11.5 Å². The third-order valence-corrected chi connectivity index (χ3v) is 5.30. The van der Waals surface area contributed by atoms with Crippen LogP contribution in [0, 0.1) is 5.92 Å². The number of fused-ring (bicyclic) bond motifs is 1. The van der Waals surface area contributed by atoms with Gasteiger partial charge >= 0.3 is 0 Å². The number of carbonyl (C=O) groups excluding carboxylic acids is 1. The predicted octanol–water partition coefficient (Wildman–Crippen LogP) is 4.64. The fourth-order valence-corrected chi connectivity index (χ4v) is 3.82. The molecule has 2 aliphatic heterocycles. The fraction of sp³-hybridized carbons (Fsp3) is 0.391. The standard InChI is InChI=1S/C23H25ClN2O4/c1-15(2)8-23(27)26(12-16-4-3-5-18(24)9-16)13-19-11-20(25-30-19)17-6-7-21-22(10-17)29-14-28-21/h3-7,9-10,15,19H,8,11-14H2,1-2H3/t19-/m0/s1. The van der Waals surface area contributed by atoms with Gasteiger partial charge in [-0.05, 0) is 41.8 Å². The molecule has 7 heteroatoms. The summed E-state index contributed by atoms with van der Waals surface area (Å²) in [5, 5.41) is 4.93. The summed E-state index contributed by atoms with van der Waals surface area (Å²) in [5.74, 6) is 1.84. The van der Waals surface area contributed by atoms with Crippen molar-refractivity contribution in [2.75, 3.05) is 13.3 Å². The highest BCUT2D eigenvalue weighted by molar-refractivity contribution is 6.30. The zero-order valence-corrected chi connectivity index (χ0v) is 17.9. The average Bonchev–Trinajstić information content (AvgIpc) is 3.35. The predicted molar refractivity (Wildman–Crippen MR) is 115 cm³/mol. The number of hydrogen-bond acceptors (Lipinski definition) is 5. The van der Waals surface area contributed by atoms with Crippen molar-refractivity contribution in [1.82, 2.24) is 4.90 Å². The van der Waals surface area contributed by atoms with E-state index in [1.807, 2.05) is 61.2 Å². The van der Waals surface area contributed by atoms with Gasteiger partial charge in [-0.2, -0.15) is 0 Å². The van der Waals surface area contributed by atoms with Crippen LogP contribution in [0.15, 0.2) is 47.6 Å². The average molecular weight is 429 g/mol. The molecule has 0 unspecified atom stereocenters. The number of rotatable bonds is 7. The topological polar surface area (TPSA) is 60.4 Å². The zero-order valence-electron chi connectivity index (χ0n) is 17.1. The maximum absolute atomic E-state index is 12.9. The third kappa shape index (κ3) is 4.87.